The van der Waals surface area contributed by atoms with E-state index in [4.69, 9.17) is 12.2 Å². The van der Waals surface area contributed by atoms with Crippen LogP contribution >= 0.6 is 12.2 Å². The van der Waals surface area contributed by atoms with Gasteiger partial charge in [0, 0.05) is 26.6 Å². The van der Waals surface area contributed by atoms with Crippen molar-refractivity contribution in [1.82, 2.24) is 16.0 Å². The minimum absolute atomic E-state index is 0.0170. The summed E-state index contributed by atoms with van der Waals surface area (Å²) in [5.74, 6) is -0.0170. The normalized spacial score (nSPS) is 9.29. The van der Waals surface area contributed by atoms with E-state index in [1.54, 1.807) is 0 Å². The highest BCUT2D eigenvalue weighted by molar-refractivity contribution is 7.80. The van der Waals surface area contributed by atoms with Gasteiger partial charge in [-0.1, -0.05) is 13.3 Å². The van der Waals surface area contributed by atoms with Crippen LogP contribution in [0.3, 0.4) is 0 Å². The third kappa shape index (κ3) is 9.25. The van der Waals surface area contributed by atoms with Crippen LogP contribution in [0.25, 0.3) is 0 Å². The van der Waals surface area contributed by atoms with Crippen molar-refractivity contribution in [2.24, 2.45) is 0 Å². The first-order valence-corrected chi connectivity index (χ1v) is 5.33. The maximum Gasteiger partial charge on any atom is 0.216 e. The summed E-state index contributed by atoms with van der Waals surface area (Å²) in [5.41, 5.74) is 0. The monoisotopic (exact) mass is 217 g/mol. The molecular formula is C9H19N3OS. The maximum absolute atomic E-state index is 10.5. The summed E-state index contributed by atoms with van der Waals surface area (Å²) < 4.78 is 0. The predicted molar refractivity (Wildman–Crippen MR) is 62.2 cm³/mol. The topological polar surface area (TPSA) is 53.2 Å². The van der Waals surface area contributed by atoms with Crippen LogP contribution in [0, 0.1) is 0 Å². The lowest BCUT2D eigenvalue weighted by molar-refractivity contribution is -0.118. The third-order valence-corrected chi connectivity index (χ3v) is 1.89. The number of thiocarbonyl (C=S) groups is 1. The van der Waals surface area contributed by atoms with Crippen LogP contribution in [-0.2, 0) is 4.79 Å². The smallest absolute Gasteiger partial charge is 0.216 e. The van der Waals surface area contributed by atoms with E-state index in [1.807, 2.05) is 0 Å². The molecule has 5 heteroatoms. The van der Waals surface area contributed by atoms with Crippen LogP contribution in [0.4, 0.5) is 0 Å². The van der Waals surface area contributed by atoms with Crippen LogP contribution in [0.1, 0.15) is 26.7 Å². The minimum Gasteiger partial charge on any atom is -0.363 e. The molecule has 0 heterocycles. The lowest BCUT2D eigenvalue weighted by Crippen LogP contribution is -2.40. The number of unbranched alkanes of at least 4 members (excludes halogenated alkanes) is 1. The molecule has 0 fully saturated rings. The van der Waals surface area contributed by atoms with Crippen molar-refractivity contribution in [3.8, 4) is 0 Å². The van der Waals surface area contributed by atoms with E-state index in [-0.39, 0.29) is 5.91 Å². The standard InChI is InChI=1S/C9H19N3OS/c1-3-4-5-11-9(14)12-7-6-10-8(2)13/h3-7H2,1-2H3,(H,10,13)(H2,11,12,14). The maximum atomic E-state index is 10.5. The molecule has 0 spiro atoms. The number of rotatable bonds is 6. The Morgan fingerprint density at radius 1 is 1.14 bits per heavy atom. The van der Waals surface area contributed by atoms with Gasteiger partial charge in [-0.25, -0.2) is 0 Å². The first kappa shape index (κ1) is 13.2. The van der Waals surface area contributed by atoms with E-state index in [9.17, 15) is 4.79 Å². The Kier molecular flexibility index (Phi) is 8.22. The van der Waals surface area contributed by atoms with Crippen LogP contribution < -0.4 is 16.0 Å². The minimum atomic E-state index is -0.0170. The number of nitrogens with one attached hydrogen (secondary N) is 3. The molecule has 0 aliphatic heterocycles. The molecule has 0 aliphatic rings. The van der Waals surface area contributed by atoms with Crippen molar-refractivity contribution in [2.75, 3.05) is 19.6 Å². The lowest BCUT2D eigenvalue weighted by atomic mass is 10.3. The molecule has 0 aromatic rings. The van der Waals surface area contributed by atoms with E-state index in [0.717, 1.165) is 19.4 Å². The molecule has 3 N–H and O–H groups in total. The van der Waals surface area contributed by atoms with E-state index < -0.39 is 0 Å². The zero-order valence-electron chi connectivity index (χ0n) is 8.85. The molecule has 0 unspecified atom stereocenters. The quantitative estimate of drug-likeness (QED) is 0.445. The summed E-state index contributed by atoms with van der Waals surface area (Å²) in [7, 11) is 0. The average Bonchev–Trinajstić information content (AvgIpc) is 2.13. The van der Waals surface area contributed by atoms with Crippen LogP contribution in [-0.4, -0.2) is 30.7 Å². The van der Waals surface area contributed by atoms with Gasteiger partial charge in [-0.3, -0.25) is 4.79 Å². The van der Waals surface area contributed by atoms with Crippen molar-refractivity contribution < 1.29 is 4.79 Å². The molecule has 0 aliphatic carbocycles. The number of carbonyl (C=O) groups is 1. The largest absolute Gasteiger partial charge is 0.363 e. The van der Waals surface area contributed by atoms with Gasteiger partial charge in [-0.15, -0.1) is 0 Å². The molecule has 0 atom stereocenters. The van der Waals surface area contributed by atoms with Gasteiger partial charge in [-0.2, -0.15) is 0 Å². The van der Waals surface area contributed by atoms with Crippen molar-refractivity contribution >= 4 is 23.2 Å². The number of hydrogen-bond donors (Lipinski definition) is 3. The fourth-order valence-electron chi connectivity index (χ4n) is 0.856. The first-order valence-electron chi connectivity index (χ1n) is 4.93. The third-order valence-electron chi connectivity index (χ3n) is 1.60. The van der Waals surface area contributed by atoms with Gasteiger partial charge in [0.2, 0.25) is 5.91 Å². The second-order valence-electron chi connectivity index (χ2n) is 3.02. The van der Waals surface area contributed by atoms with Gasteiger partial charge in [0.25, 0.3) is 0 Å². The summed E-state index contributed by atoms with van der Waals surface area (Å²) in [4.78, 5) is 10.5. The highest BCUT2D eigenvalue weighted by Gasteiger charge is 1.94. The Hall–Kier alpha value is -0.840. The summed E-state index contributed by atoms with van der Waals surface area (Å²) >= 11 is 5.01. The molecule has 0 rings (SSSR count). The molecule has 0 bridgehead atoms. The summed E-state index contributed by atoms with van der Waals surface area (Å²) in [6.07, 6.45) is 2.27. The Balaban J connectivity index is 3.22. The molecule has 0 saturated heterocycles. The van der Waals surface area contributed by atoms with Crippen LogP contribution in [0.5, 0.6) is 0 Å². The van der Waals surface area contributed by atoms with E-state index >= 15 is 0 Å². The van der Waals surface area contributed by atoms with Gasteiger partial charge < -0.3 is 16.0 Å². The predicted octanol–water partition coefficient (Wildman–Crippen LogP) is 0.387. The van der Waals surface area contributed by atoms with E-state index in [0.29, 0.717) is 18.2 Å². The highest BCUT2D eigenvalue weighted by atomic mass is 32.1. The van der Waals surface area contributed by atoms with E-state index in [1.165, 1.54) is 6.92 Å². The molecule has 0 saturated carbocycles. The highest BCUT2D eigenvalue weighted by Crippen LogP contribution is 1.81. The van der Waals surface area contributed by atoms with Crippen molar-refractivity contribution in [2.45, 2.75) is 26.7 Å². The molecule has 4 nitrogen and oxygen atoms in total. The van der Waals surface area contributed by atoms with E-state index in [2.05, 4.69) is 22.9 Å². The van der Waals surface area contributed by atoms with Crippen molar-refractivity contribution in [1.29, 1.82) is 0 Å². The molecule has 82 valence electrons. The number of carbonyl (C=O) groups excluding carboxylic acids is 1. The first-order chi connectivity index (χ1) is 6.66. The second kappa shape index (κ2) is 8.74. The van der Waals surface area contributed by atoms with Gasteiger partial charge >= 0.3 is 0 Å². The van der Waals surface area contributed by atoms with Gasteiger partial charge in [0.05, 0.1) is 0 Å². The van der Waals surface area contributed by atoms with Gasteiger partial charge in [0.15, 0.2) is 5.11 Å². The zero-order chi connectivity index (χ0) is 10.8. The SMILES string of the molecule is CCCCNC(=S)NCCNC(C)=O. The zero-order valence-corrected chi connectivity index (χ0v) is 9.67. The second-order valence-corrected chi connectivity index (χ2v) is 3.43. The Bertz CT molecular complexity index is 185. The molecule has 0 radical (unpaired) electrons. The molecule has 14 heavy (non-hydrogen) atoms. The fourth-order valence-corrected chi connectivity index (χ4v) is 1.06. The Morgan fingerprint density at radius 3 is 2.29 bits per heavy atom. The van der Waals surface area contributed by atoms with Crippen molar-refractivity contribution in [3.63, 3.8) is 0 Å². The molecule has 0 aromatic heterocycles. The Labute approximate surface area is 90.8 Å². The molecule has 0 aromatic carbocycles. The fraction of sp³-hybridized carbons (Fsp3) is 0.778. The van der Waals surface area contributed by atoms with Gasteiger partial charge in [-0.05, 0) is 18.6 Å². The summed E-state index contributed by atoms with van der Waals surface area (Å²) in [5, 5.41) is 9.42. The van der Waals surface area contributed by atoms with Crippen LogP contribution in [0.15, 0.2) is 0 Å². The Morgan fingerprint density at radius 2 is 1.71 bits per heavy atom. The summed E-state index contributed by atoms with van der Waals surface area (Å²) in [6, 6.07) is 0. The lowest BCUT2D eigenvalue weighted by Gasteiger charge is -2.09. The van der Waals surface area contributed by atoms with Crippen LogP contribution in [0.2, 0.25) is 0 Å². The van der Waals surface area contributed by atoms with Gasteiger partial charge in [0.1, 0.15) is 0 Å². The molecule has 1 amide bonds. The van der Waals surface area contributed by atoms with Crippen molar-refractivity contribution in [3.05, 3.63) is 0 Å². The summed E-state index contributed by atoms with van der Waals surface area (Å²) in [6.45, 7) is 5.80. The molecular weight excluding hydrogens is 198 g/mol. The number of hydrogen-bond acceptors (Lipinski definition) is 2. The number of amides is 1. The average molecular weight is 217 g/mol.